The van der Waals surface area contributed by atoms with E-state index >= 15 is 0 Å². The van der Waals surface area contributed by atoms with Crippen LogP contribution in [0.15, 0.2) is 70.1 Å². The molecule has 33 heavy (non-hydrogen) atoms. The van der Waals surface area contributed by atoms with Crippen LogP contribution in [0.3, 0.4) is 0 Å². The number of rotatable bonds is 7. The molecule has 0 saturated carbocycles. The van der Waals surface area contributed by atoms with Crippen LogP contribution >= 0.6 is 0 Å². The van der Waals surface area contributed by atoms with E-state index < -0.39 is 14.9 Å². The normalized spacial score (nSPS) is 14.8. The molecule has 10 nitrogen and oxygen atoms in total. The lowest BCUT2D eigenvalue weighted by molar-refractivity contribution is -0.384. The third-order valence-electron chi connectivity index (χ3n) is 5.44. The van der Waals surface area contributed by atoms with E-state index in [4.69, 9.17) is 4.42 Å². The zero-order valence-corrected chi connectivity index (χ0v) is 18.5. The van der Waals surface area contributed by atoms with E-state index in [0.29, 0.717) is 18.1 Å². The lowest BCUT2D eigenvalue weighted by atomic mass is 10.2. The second kappa shape index (κ2) is 9.51. The summed E-state index contributed by atoms with van der Waals surface area (Å²) in [5.41, 5.74) is 0.735. The van der Waals surface area contributed by atoms with Gasteiger partial charge in [-0.05, 0) is 12.1 Å². The minimum absolute atomic E-state index is 0.00834. The number of amides is 1. The molecule has 0 bridgehead atoms. The van der Waals surface area contributed by atoms with E-state index in [-0.39, 0.29) is 49.1 Å². The fourth-order valence-corrected chi connectivity index (χ4v) is 5.02. The van der Waals surface area contributed by atoms with Gasteiger partial charge in [0.25, 0.3) is 5.69 Å². The minimum atomic E-state index is -3.78. The van der Waals surface area contributed by atoms with Gasteiger partial charge in [-0.2, -0.15) is 4.31 Å². The summed E-state index contributed by atoms with van der Waals surface area (Å²) in [6.45, 7) is 0.849. The lowest BCUT2D eigenvalue weighted by Gasteiger charge is -2.34. The molecule has 1 amide bonds. The molecule has 1 saturated heterocycles. The van der Waals surface area contributed by atoms with E-state index in [9.17, 15) is 23.3 Å². The Bertz CT molecular complexity index is 1230. The van der Waals surface area contributed by atoms with Crippen LogP contribution in [0.2, 0.25) is 0 Å². The van der Waals surface area contributed by atoms with E-state index in [2.05, 4.69) is 4.98 Å². The highest BCUT2D eigenvalue weighted by Gasteiger charge is 2.30. The first-order chi connectivity index (χ1) is 15.8. The van der Waals surface area contributed by atoms with Crippen LogP contribution in [0.4, 0.5) is 5.69 Å². The molecule has 0 radical (unpaired) electrons. The number of aromatic nitrogens is 1. The predicted octanol–water partition coefficient (Wildman–Crippen LogP) is 2.72. The van der Waals surface area contributed by atoms with E-state index in [1.807, 2.05) is 30.3 Å². The molecule has 2 aromatic carbocycles. The maximum Gasteiger partial charge on any atom is 0.269 e. The van der Waals surface area contributed by atoms with E-state index in [0.717, 1.165) is 5.56 Å². The second-order valence-corrected chi connectivity index (χ2v) is 9.46. The number of sulfonamides is 1. The second-order valence-electron chi connectivity index (χ2n) is 7.52. The standard InChI is InChI=1S/C22H22N4O6S/c27-22(11-10-21-23-16-20(32-21)17-4-2-1-3-5-17)24-12-14-25(15-13-24)33(30,31)19-8-6-18(7-9-19)26(28)29/h1-9,16H,10-15H2. The zero-order valence-electron chi connectivity index (χ0n) is 17.7. The van der Waals surface area contributed by atoms with Crippen LogP contribution in [0, 0.1) is 10.1 Å². The van der Waals surface area contributed by atoms with Gasteiger partial charge in [0.1, 0.15) is 0 Å². The summed E-state index contributed by atoms with van der Waals surface area (Å²) in [4.78, 5) is 28.6. The van der Waals surface area contributed by atoms with Crippen molar-refractivity contribution in [1.29, 1.82) is 0 Å². The fraction of sp³-hybridized carbons (Fsp3) is 0.273. The number of oxazole rings is 1. The number of nitrogens with zero attached hydrogens (tertiary/aromatic N) is 4. The van der Waals surface area contributed by atoms with Crippen molar-refractivity contribution in [2.75, 3.05) is 26.2 Å². The highest BCUT2D eigenvalue weighted by atomic mass is 32.2. The van der Waals surface area contributed by atoms with Crippen LogP contribution < -0.4 is 0 Å². The van der Waals surface area contributed by atoms with Gasteiger partial charge < -0.3 is 9.32 Å². The number of hydrogen-bond acceptors (Lipinski definition) is 7. The Kier molecular flexibility index (Phi) is 6.52. The van der Waals surface area contributed by atoms with Gasteiger partial charge in [0.15, 0.2) is 11.7 Å². The van der Waals surface area contributed by atoms with Crippen LogP contribution in [0.5, 0.6) is 0 Å². The number of piperazine rings is 1. The summed E-state index contributed by atoms with van der Waals surface area (Å²) in [6, 6.07) is 14.3. The van der Waals surface area contributed by atoms with Crippen LogP contribution in [-0.4, -0.2) is 59.6 Å². The van der Waals surface area contributed by atoms with Gasteiger partial charge in [-0.25, -0.2) is 13.4 Å². The molecular weight excluding hydrogens is 448 g/mol. The summed E-state index contributed by atoms with van der Waals surface area (Å²) in [6.07, 6.45) is 2.20. The number of nitro groups is 1. The van der Waals surface area contributed by atoms with Crippen molar-refractivity contribution in [3.05, 3.63) is 76.8 Å². The summed E-state index contributed by atoms with van der Waals surface area (Å²) in [5.74, 6) is 1.02. The Hall–Kier alpha value is -3.57. The number of nitro benzene ring substituents is 1. The lowest BCUT2D eigenvalue weighted by Crippen LogP contribution is -2.50. The number of non-ortho nitro benzene ring substituents is 1. The molecule has 1 fully saturated rings. The Morgan fingerprint density at radius 2 is 1.70 bits per heavy atom. The summed E-state index contributed by atoms with van der Waals surface area (Å²) < 4.78 is 32.6. The number of hydrogen-bond donors (Lipinski definition) is 0. The largest absolute Gasteiger partial charge is 0.441 e. The number of benzene rings is 2. The van der Waals surface area contributed by atoms with Crippen LogP contribution in [0.1, 0.15) is 12.3 Å². The number of carbonyl (C=O) groups excluding carboxylic acids is 1. The molecular formula is C22H22N4O6S. The topological polar surface area (TPSA) is 127 Å². The van der Waals surface area contributed by atoms with Crippen molar-refractivity contribution >= 4 is 21.6 Å². The maximum absolute atomic E-state index is 12.8. The Morgan fingerprint density at radius 1 is 1.03 bits per heavy atom. The van der Waals surface area contributed by atoms with Crippen molar-refractivity contribution in [2.45, 2.75) is 17.7 Å². The van der Waals surface area contributed by atoms with Gasteiger partial charge in [0.05, 0.1) is 16.0 Å². The van der Waals surface area contributed by atoms with Gasteiger partial charge in [-0.1, -0.05) is 30.3 Å². The first kappa shape index (κ1) is 22.6. The molecule has 0 atom stereocenters. The molecule has 0 aliphatic carbocycles. The third kappa shape index (κ3) is 5.10. The Labute approximate surface area is 190 Å². The van der Waals surface area contributed by atoms with Crippen molar-refractivity contribution in [3.63, 3.8) is 0 Å². The van der Waals surface area contributed by atoms with Crippen LogP contribution in [0.25, 0.3) is 11.3 Å². The van der Waals surface area contributed by atoms with Gasteiger partial charge in [-0.3, -0.25) is 14.9 Å². The van der Waals surface area contributed by atoms with Crippen molar-refractivity contribution < 1.29 is 22.6 Å². The average molecular weight is 471 g/mol. The summed E-state index contributed by atoms with van der Waals surface area (Å²) in [7, 11) is -3.78. The number of aryl methyl sites for hydroxylation is 1. The predicted molar refractivity (Wildman–Crippen MR) is 119 cm³/mol. The average Bonchev–Trinajstić information content (AvgIpc) is 3.32. The summed E-state index contributed by atoms with van der Waals surface area (Å²) >= 11 is 0. The molecule has 3 aromatic rings. The molecule has 172 valence electrons. The van der Waals surface area contributed by atoms with Gasteiger partial charge in [0.2, 0.25) is 15.9 Å². The molecule has 2 heterocycles. The molecule has 1 aliphatic rings. The first-order valence-electron chi connectivity index (χ1n) is 10.4. The quantitative estimate of drug-likeness (QED) is 0.384. The van der Waals surface area contributed by atoms with Crippen molar-refractivity contribution in [2.24, 2.45) is 0 Å². The molecule has 0 N–H and O–H groups in total. The van der Waals surface area contributed by atoms with Crippen LogP contribution in [-0.2, 0) is 21.2 Å². The fourth-order valence-electron chi connectivity index (χ4n) is 3.60. The minimum Gasteiger partial charge on any atom is -0.441 e. The number of carbonyl (C=O) groups is 1. The Balaban J connectivity index is 1.30. The molecule has 11 heteroatoms. The molecule has 1 aromatic heterocycles. The molecule has 0 spiro atoms. The van der Waals surface area contributed by atoms with Gasteiger partial charge in [0, 0.05) is 56.7 Å². The third-order valence-corrected chi connectivity index (χ3v) is 7.35. The summed E-state index contributed by atoms with van der Waals surface area (Å²) in [5, 5.41) is 10.8. The van der Waals surface area contributed by atoms with Crippen molar-refractivity contribution in [3.8, 4) is 11.3 Å². The van der Waals surface area contributed by atoms with Crippen molar-refractivity contribution in [1.82, 2.24) is 14.2 Å². The Morgan fingerprint density at radius 3 is 2.33 bits per heavy atom. The van der Waals surface area contributed by atoms with Gasteiger partial charge >= 0.3 is 0 Å². The smallest absolute Gasteiger partial charge is 0.269 e. The van der Waals surface area contributed by atoms with E-state index in [1.54, 1.807) is 11.1 Å². The van der Waals surface area contributed by atoms with E-state index in [1.165, 1.54) is 28.6 Å². The highest BCUT2D eigenvalue weighted by Crippen LogP contribution is 2.22. The monoisotopic (exact) mass is 470 g/mol. The molecule has 0 unspecified atom stereocenters. The first-order valence-corrected chi connectivity index (χ1v) is 11.8. The zero-order chi connectivity index (χ0) is 23.4. The maximum atomic E-state index is 12.8. The van der Waals surface area contributed by atoms with Gasteiger partial charge in [-0.15, -0.1) is 0 Å². The molecule has 4 rings (SSSR count). The highest BCUT2D eigenvalue weighted by molar-refractivity contribution is 7.89. The SMILES string of the molecule is O=C(CCc1ncc(-c2ccccc2)o1)N1CCN(S(=O)(=O)c2ccc([N+](=O)[O-])cc2)CC1. The molecule has 1 aliphatic heterocycles.